The third kappa shape index (κ3) is 4.49. The Morgan fingerprint density at radius 1 is 0.704 bits per heavy atom. The Morgan fingerprint density at radius 3 is 1.48 bits per heavy atom. The highest BCUT2D eigenvalue weighted by Crippen LogP contribution is 2.43. The van der Waals surface area contributed by atoms with Gasteiger partial charge in [-0.25, -0.2) is 0 Å². The highest BCUT2D eigenvalue weighted by Gasteiger charge is 2.35. The van der Waals surface area contributed by atoms with Crippen molar-refractivity contribution < 1.29 is 4.79 Å². The van der Waals surface area contributed by atoms with Crippen LogP contribution < -0.4 is 0 Å². The molecule has 27 heavy (non-hydrogen) atoms. The van der Waals surface area contributed by atoms with Crippen molar-refractivity contribution in [1.29, 1.82) is 0 Å². The number of unbranched alkanes of at least 4 members (excludes halogenated alkanes) is 1. The Labute approximate surface area is 164 Å². The van der Waals surface area contributed by atoms with Crippen molar-refractivity contribution in [2.75, 3.05) is 0 Å². The largest absolute Gasteiger partial charge is 0.295 e. The highest BCUT2D eigenvalue weighted by atomic mass is 31.0. The zero-order valence-corrected chi connectivity index (χ0v) is 17.1. The van der Waals surface area contributed by atoms with E-state index in [1.807, 2.05) is 0 Å². The van der Waals surface area contributed by atoms with E-state index in [0.29, 0.717) is 6.42 Å². The summed E-state index contributed by atoms with van der Waals surface area (Å²) in [5.41, 5.74) is 3.71. The second-order valence-corrected chi connectivity index (χ2v) is 7.29. The van der Waals surface area contributed by atoms with Crippen LogP contribution in [0.25, 0.3) is 0 Å². The van der Waals surface area contributed by atoms with E-state index in [9.17, 15) is 4.79 Å². The van der Waals surface area contributed by atoms with E-state index >= 15 is 0 Å². The Balaban J connectivity index is 2.05. The molecule has 0 fully saturated rings. The van der Waals surface area contributed by atoms with Crippen LogP contribution in [0.2, 0.25) is 0 Å². The molecule has 0 spiro atoms. The van der Waals surface area contributed by atoms with Crippen LogP contribution in [0.1, 0.15) is 42.4 Å². The van der Waals surface area contributed by atoms with Crippen molar-refractivity contribution in [2.24, 2.45) is 0 Å². The molecule has 1 unspecified atom stereocenters. The SMILES string of the molecule is O=C(C=[PH3])CCCCC(c1ccccc1)(c1ccccc1)c1ccccc1. The van der Waals surface area contributed by atoms with Gasteiger partial charge in [0.1, 0.15) is 0 Å². The second kappa shape index (κ2) is 9.53. The minimum atomic E-state index is -0.204. The first kappa shape index (κ1) is 19.4. The number of hydrogen-bond acceptors (Lipinski definition) is 1. The molecule has 0 bridgehead atoms. The van der Waals surface area contributed by atoms with Crippen LogP contribution in [-0.2, 0) is 10.2 Å². The average Bonchev–Trinajstić information content (AvgIpc) is 2.75. The quantitative estimate of drug-likeness (QED) is 0.272. The van der Waals surface area contributed by atoms with Crippen LogP contribution in [0.15, 0.2) is 91.0 Å². The van der Waals surface area contributed by atoms with Gasteiger partial charge in [-0.2, -0.15) is 0 Å². The van der Waals surface area contributed by atoms with Crippen molar-refractivity contribution >= 4 is 20.4 Å². The predicted molar refractivity (Wildman–Crippen MR) is 120 cm³/mol. The van der Waals surface area contributed by atoms with Gasteiger partial charge in [0.15, 0.2) is 5.78 Å². The Kier molecular flexibility index (Phi) is 6.85. The van der Waals surface area contributed by atoms with Gasteiger partial charge in [0.25, 0.3) is 0 Å². The third-order valence-corrected chi connectivity index (χ3v) is 5.71. The molecule has 0 aliphatic carbocycles. The fourth-order valence-corrected chi connectivity index (χ4v) is 4.10. The average molecular weight is 374 g/mol. The minimum absolute atomic E-state index is 0.204. The van der Waals surface area contributed by atoms with Gasteiger partial charge < -0.3 is 0 Å². The highest BCUT2D eigenvalue weighted by molar-refractivity contribution is 7.22. The summed E-state index contributed by atoms with van der Waals surface area (Å²) < 4.78 is 0. The van der Waals surface area contributed by atoms with Crippen LogP contribution in [-0.4, -0.2) is 11.6 Å². The van der Waals surface area contributed by atoms with Gasteiger partial charge in [0.2, 0.25) is 0 Å². The molecule has 0 aliphatic rings. The number of hydrogen-bond donors (Lipinski definition) is 0. The molecular formula is C25H27OP. The molecule has 3 aromatic rings. The van der Waals surface area contributed by atoms with E-state index in [1.54, 1.807) is 14.7 Å². The lowest BCUT2D eigenvalue weighted by Crippen LogP contribution is -2.29. The maximum Gasteiger partial charge on any atom is 0.155 e. The zero-order chi connectivity index (χ0) is 19.0. The van der Waals surface area contributed by atoms with Crippen LogP contribution in [0, 0.1) is 0 Å². The third-order valence-electron chi connectivity index (χ3n) is 5.25. The van der Waals surface area contributed by atoms with Crippen molar-refractivity contribution in [3.8, 4) is 0 Å². The molecule has 1 atom stereocenters. The molecule has 0 saturated heterocycles. The molecule has 3 aromatic carbocycles. The lowest BCUT2D eigenvalue weighted by atomic mass is 9.66. The molecule has 0 radical (unpaired) electrons. The van der Waals surface area contributed by atoms with E-state index in [2.05, 4.69) is 91.0 Å². The Bertz CT molecular complexity index is 760. The molecule has 0 heterocycles. The molecule has 0 saturated carbocycles. The van der Waals surface area contributed by atoms with Crippen LogP contribution in [0.4, 0.5) is 0 Å². The lowest BCUT2D eigenvalue weighted by molar-refractivity contribution is -0.112. The molecule has 1 nitrogen and oxygen atoms in total. The van der Waals surface area contributed by atoms with E-state index in [-0.39, 0.29) is 11.2 Å². The Morgan fingerprint density at radius 2 is 1.11 bits per heavy atom. The first-order valence-electron chi connectivity index (χ1n) is 9.59. The van der Waals surface area contributed by atoms with Crippen molar-refractivity contribution in [3.63, 3.8) is 0 Å². The summed E-state index contributed by atoms with van der Waals surface area (Å²) in [6, 6.07) is 32.3. The molecule has 0 N–H and O–H groups in total. The van der Waals surface area contributed by atoms with E-state index < -0.39 is 0 Å². The van der Waals surface area contributed by atoms with Gasteiger partial charge >= 0.3 is 0 Å². The number of Topliss-reactive ketones (excluding diaryl/α,β-unsaturated/α-hetero) is 1. The summed E-state index contributed by atoms with van der Waals surface area (Å²) in [6.07, 6.45) is 3.53. The molecular weight excluding hydrogens is 347 g/mol. The summed E-state index contributed by atoms with van der Waals surface area (Å²) in [6.45, 7) is 0. The molecule has 0 amide bonds. The van der Waals surface area contributed by atoms with Crippen LogP contribution in [0.5, 0.6) is 0 Å². The van der Waals surface area contributed by atoms with E-state index in [4.69, 9.17) is 0 Å². The maximum atomic E-state index is 11.7. The van der Waals surface area contributed by atoms with Gasteiger partial charge in [-0.3, -0.25) is 4.79 Å². The molecule has 138 valence electrons. The van der Waals surface area contributed by atoms with E-state index in [1.165, 1.54) is 16.7 Å². The van der Waals surface area contributed by atoms with Gasteiger partial charge in [0.05, 0.1) is 0 Å². The molecule has 0 aromatic heterocycles. The number of rotatable bonds is 9. The van der Waals surface area contributed by atoms with Crippen LogP contribution in [0.3, 0.4) is 0 Å². The van der Waals surface area contributed by atoms with E-state index in [0.717, 1.165) is 19.3 Å². The maximum absolute atomic E-state index is 11.7. The first-order chi connectivity index (χ1) is 13.3. The van der Waals surface area contributed by atoms with Crippen molar-refractivity contribution in [3.05, 3.63) is 108 Å². The Hall–Kier alpha value is -2.37. The summed E-state index contributed by atoms with van der Waals surface area (Å²) in [7, 11) is 1.63. The summed E-state index contributed by atoms with van der Waals surface area (Å²) in [4.78, 5) is 11.7. The first-order valence-corrected chi connectivity index (χ1v) is 10.4. The summed E-state index contributed by atoms with van der Waals surface area (Å²) in [5, 5.41) is 0. The molecule has 2 heteroatoms. The monoisotopic (exact) mass is 374 g/mol. The fourth-order valence-electron chi connectivity index (χ4n) is 3.89. The normalized spacial score (nSPS) is 11.3. The number of benzene rings is 3. The zero-order valence-electron chi connectivity index (χ0n) is 15.7. The second-order valence-electron chi connectivity index (χ2n) is 6.88. The summed E-state index contributed by atoms with van der Waals surface area (Å²) in [5.74, 6) is 1.96. The van der Waals surface area contributed by atoms with Gasteiger partial charge in [-0.15, -0.1) is 8.86 Å². The number of carbonyl (C=O) groups excluding carboxylic acids is 1. The van der Waals surface area contributed by atoms with Gasteiger partial charge in [0, 0.05) is 11.8 Å². The lowest BCUT2D eigenvalue weighted by Gasteiger charge is -2.36. The predicted octanol–water partition coefficient (Wildman–Crippen LogP) is 5.56. The van der Waals surface area contributed by atoms with Gasteiger partial charge in [-0.1, -0.05) is 97.4 Å². The molecule has 0 aliphatic heterocycles. The minimum Gasteiger partial charge on any atom is -0.295 e. The van der Waals surface area contributed by atoms with Gasteiger partial charge in [-0.05, 0) is 35.3 Å². The molecule has 3 rings (SSSR count). The smallest absolute Gasteiger partial charge is 0.155 e. The fraction of sp³-hybridized carbons (Fsp3) is 0.200. The number of ketones is 1. The topological polar surface area (TPSA) is 17.1 Å². The van der Waals surface area contributed by atoms with Crippen molar-refractivity contribution in [1.82, 2.24) is 0 Å². The standard InChI is InChI=1S/C25H27OP/c26-24(20-27)18-10-11-19-25(21-12-4-1-5-13-21,22-14-6-2-7-15-22)23-16-8-3-9-17-23/h1-9,12-17,20H,10-11,18-19H2,27H3. The summed E-state index contributed by atoms with van der Waals surface area (Å²) >= 11 is 0. The number of carbonyl (C=O) groups is 1. The van der Waals surface area contributed by atoms with Crippen molar-refractivity contribution in [2.45, 2.75) is 31.1 Å². The van der Waals surface area contributed by atoms with Crippen LogP contribution >= 0.6 is 8.86 Å².